The number of rotatable bonds is 2. The van der Waals surface area contributed by atoms with E-state index in [1.54, 1.807) is 11.6 Å². The molecule has 1 aliphatic heterocycles. The number of aromatic nitrogens is 1. The monoisotopic (exact) mass is 289 g/mol. The summed E-state index contributed by atoms with van der Waals surface area (Å²) >= 11 is 1.44. The minimum atomic E-state index is -0.437. The fourth-order valence-corrected chi connectivity index (χ4v) is 3.18. The van der Waals surface area contributed by atoms with Crippen molar-refractivity contribution in [2.75, 3.05) is 6.54 Å². The maximum atomic E-state index is 12.4. The Labute approximate surface area is 120 Å². The molecule has 1 fully saturated rings. The zero-order valence-corrected chi connectivity index (χ0v) is 11.7. The van der Waals surface area contributed by atoms with Gasteiger partial charge >= 0.3 is 0 Å². The topological polar surface area (TPSA) is 71.1 Å². The molecule has 1 unspecified atom stereocenters. The van der Waals surface area contributed by atoms with Crippen molar-refractivity contribution >= 4 is 33.4 Å². The summed E-state index contributed by atoms with van der Waals surface area (Å²) < 4.78 is 0.860. The Bertz CT molecular complexity index is 653. The van der Waals surface area contributed by atoms with E-state index in [-0.39, 0.29) is 11.8 Å². The second kappa shape index (κ2) is 5.58. The number of amides is 2. The first-order valence-electron chi connectivity index (χ1n) is 6.66. The Kier molecular flexibility index (Phi) is 3.64. The molecular formula is C14H15N3O2S. The van der Waals surface area contributed by atoms with Gasteiger partial charge in [-0.2, -0.15) is 0 Å². The molecule has 104 valence electrons. The third-order valence-electron chi connectivity index (χ3n) is 3.44. The lowest BCUT2D eigenvalue weighted by Crippen LogP contribution is -2.45. The molecule has 0 radical (unpaired) electrons. The maximum Gasteiger partial charge on any atom is 0.253 e. The summed E-state index contributed by atoms with van der Waals surface area (Å²) in [5.74, 6) is -0.297. The molecule has 1 saturated heterocycles. The highest BCUT2D eigenvalue weighted by Crippen LogP contribution is 2.22. The van der Waals surface area contributed by atoms with Gasteiger partial charge in [0, 0.05) is 6.54 Å². The largest absolute Gasteiger partial charge is 0.354 e. The predicted octanol–water partition coefficient (Wildman–Crippen LogP) is 1.69. The van der Waals surface area contributed by atoms with Crippen LogP contribution in [-0.2, 0) is 4.79 Å². The fraction of sp³-hybridized carbons (Fsp3) is 0.357. The van der Waals surface area contributed by atoms with Gasteiger partial charge in [0.05, 0.1) is 21.3 Å². The maximum absolute atomic E-state index is 12.4. The SMILES string of the molecule is O=C(NC1CCCCNC1=O)c1cccc2ncsc12. The minimum Gasteiger partial charge on any atom is -0.354 e. The third kappa shape index (κ3) is 2.51. The Hall–Kier alpha value is -1.95. The van der Waals surface area contributed by atoms with Crippen LogP contribution in [0.5, 0.6) is 0 Å². The second-order valence-electron chi connectivity index (χ2n) is 4.82. The smallest absolute Gasteiger partial charge is 0.253 e. The molecular weight excluding hydrogens is 274 g/mol. The molecule has 1 aromatic carbocycles. The summed E-state index contributed by atoms with van der Waals surface area (Å²) in [5, 5.41) is 5.65. The zero-order chi connectivity index (χ0) is 13.9. The number of nitrogens with one attached hydrogen (secondary N) is 2. The van der Waals surface area contributed by atoms with E-state index in [4.69, 9.17) is 0 Å². The van der Waals surface area contributed by atoms with E-state index >= 15 is 0 Å². The Morgan fingerprint density at radius 2 is 2.30 bits per heavy atom. The van der Waals surface area contributed by atoms with E-state index in [1.165, 1.54) is 11.3 Å². The van der Waals surface area contributed by atoms with Gasteiger partial charge in [-0.15, -0.1) is 11.3 Å². The van der Waals surface area contributed by atoms with E-state index < -0.39 is 6.04 Å². The van der Waals surface area contributed by atoms with Gasteiger partial charge in [-0.3, -0.25) is 9.59 Å². The van der Waals surface area contributed by atoms with E-state index in [0.29, 0.717) is 18.5 Å². The van der Waals surface area contributed by atoms with Crippen LogP contribution >= 0.6 is 11.3 Å². The van der Waals surface area contributed by atoms with E-state index in [2.05, 4.69) is 15.6 Å². The van der Waals surface area contributed by atoms with Crippen LogP contribution in [0.1, 0.15) is 29.6 Å². The van der Waals surface area contributed by atoms with Crippen LogP contribution in [0.2, 0.25) is 0 Å². The van der Waals surface area contributed by atoms with Crippen LogP contribution in [0.15, 0.2) is 23.7 Å². The first kappa shape index (κ1) is 13.1. The van der Waals surface area contributed by atoms with Crippen LogP contribution in [0, 0.1) is 0 Å². The fourth-order valence-electron chi connectivity index (χ4n) is 2.38. The molecule has 5 nitrogen and oxygen atoms in total. The van der Waals surface area contributed by atoms with Crippen molar-refractivity contribution in [3.63, 3.8) is 0 Å². The lowest BCUT2D eigenvalue weighted by atomic mass is 10.1. The zero-order valence-electron chi connectivity index (χ0n) is 10.9. The van der Waals surface area contributed by atoms with E-state index in [0.717, 1.165) is 23.1 Å². The first-order chi connectivity index (χ1) is 9.75. The third-order valence-corrected chi connectivity index (χ3v) is 4.32. The molecule has 6 heteroatoms. The molecule has 3 rings (SSSR count). The Morgan fingerprint density at radius 1 is 1.40 bits per heavy atom. The van der Waals surface area contributed by atoms with Crippen molar-refractivity contribution < 1.29 is 9.59 Å². The van der Waals surface area contributed by atoms with Crippen molar-refractivity contribution in [1.29, 1.82) is 0 Å². The van der Waals surface area contributed by atoms with E-state index in [9.17, 15) is 9.59 Å². The molecule has 0 aliphatic carbocycles. The van der Waals surface area contributed by atoms with Gasteiger partial charge in [-0.05, 0) is 31.4 Å². The number of thiazole rings is 1. The average molecular weight is 289 g/mol. The molecule has 0 bridgehead atoms. The lowest BCUT2D eigenvalue weighted by molar-refractivity contribution is -0.122. The molecule has 20 heavy (non-hydrogen) atoms. The van der Waals surface area contributed by atoms with E-state index in [1.807, 2.05) is 12.1 Å². The summed E-state index contributed by atoms with van der Waals surface area (Å²) in [5.41, 5.74) is 3.12. The summed E-state index contributed by atoms with van der Waals surface area (Å²) in [7, 11) is 0. The Balaban J connectivity index is 1.82. The molecule has 0 spiro atoms. The normalized spacial score (nSPS) is 19.4. The molecule has 0 saturated carbocycles. The summed E-state index contributed by atoms with van der Waals surface area (Å²) in [6, 6.07) is 5.02. The average Bonchev–Trinajstić information content (AvgIpc) is 2.84. The molecule has 2 amide bonds. The molecule has 1 aromatic heterocycles. The van der Waals surface area contributed by atoms with Crippen LogP contribution in [-0.4, -0.2) is 29.4 Å². The Morgan fingerprint density at radius 3 is 3.20 bits per heavy atom. The van der Waals surface area contributed by atoms with Crippen LogP contribution in [0.4, 0.5) is 0 Å². The number of fused-ring (bicyclic) bond motifs is 1. The number of nitrogens with zero attached hydrogens (tertiary/aromatic N) is 1. The van der Waals surface area contributed by atoms with Crippen LogP contribution < -0.4 is 10.6 Å². The van der Waals surface area contributed by atoms with Crippen molar-refractivity contribution in [2.45, 2.75) is 25.3 Å². The van der Waals surface area contributed by atoms with Gasteiger partial charge in [0.15, 0.2) is 0 Å². The quantitative estimate of drug-likeness (QED) is 0.884. The van der Waals surface area contributed by atoms with Crippen molar-refractivity contribution in [1.82, 2.24) is 15.6 Å². The highest BCUT2D eigenvalue weighted by molar-refractivity contribution is 7.17. The standard InChI is InChI=1S/C14H15N3O2S/c18-13(17-11-5-1-2-7-15-14(11)19)9-4-3-6-10-12(9)20-8-16-10/h3-4,6,8,11H,1-2,5,7H2,(H,15,19)(H,17,18). The highest BCUT2D eigenvalue weighted by atomic mass is 32.1. The number of hydrogen-bond acceptors (Lipinski definition) is 4. The van der Waals surface area contributed by atoms with Gasteiger partial charge < -0.3 is 10.6 Å². The predicted molar refractivity (Wildman–Crippen MR) is 77.7 cm³/mol. The highest BCUT2D eigenvalue weighted by Gasteiger charge is 2.23. The van der Waals surface area contributed by atoms with Gasteiger partial charge in [-0.1, -0.05) is 6.07 Å². The summed E-state index contributed by atoms with van der Waals surface area (Å²) in [6.07, 6.45) is 2.59. The number of carbonyl (C=O) groups excluding carboxylic acids is 2. The molecule has 1 aliphatic rings. The molecule has 1 atom stereocenters. The number of benzene rings is 1. The number of carbonyl (C=O) groups is 2. The van der Waals surface area contributed by atoms with Gasteiger partial charge in [0.2, 0.25) is 5.91 Å². The number of hydrogen-bond donors (Lipinski definition) is 2. The molecule has 2 heterocycles. The molecule has 2 aromatic rings. The van der Waals surface area contributed by atoms with Gasteiger partial charge in [-0.25, -0.2) is 4.98 Å². The van der Waals surface area contributed by atoms with Crippen molar-refractivity contribution in [3.8, 4) is 0 Å². The second-order valence-corrected chi connectivity index (χ2v) is 5.67. The first-order valence-corrected chi connectivity index (χ1v) is 7.54. The summed E-state index contributed by atoms with van der Waals surface area (Å²) in [6.45, 7) is 0.690. The summed E-state index contributed by atoms with van der Waals surface area (Å²) in [4.78, 5) is 28.4. The van der Waals surface area contributed by atoms with Gasteiger partial charge in [0.25, 0.3) is 5.91 Å². The van der Waals surface area contributed by atoms with Crippen LogP contribution in [0.25, 0.3) is 10.2 Å². The lowest BCUT2D eigenvalue weighted by Gasteiger charge is -2.15. The molecule has 2 N–H and O–H groups in total. The van der Waals surface area contributed by atoms with Crippen molar-refractivity contribution in [3.05, 3.63) is 29.3 Å². The van der Waals surface area contributed by atoms with Gasteiger partial charge in [0.1, 0.15) is 6.04 Å². The minimum absolute atomic E-state index is 0.0904. The van der Waals surface area contributed by atoms with Crippen LogP contribution in [0.3, 0.4) is 0 Å². The van der Waals surface area contributed by atoms with Crippen molar-refractivity contribution in [2.24, 2.45) is 0 Å².